The van der Waals surface area contributed by atoms with Crippen molar-refractivity contribution in [3.63, 3.8) is 0 Å². The predicted octanol–water partition coefficient (Wildman–Crippen LogP) is 2.17. The zero-order chi connectivity index (χ0) is 11.3. The van der Waals surface area contributed by atoms with Gasteiger partial charge in [0, 0.05) is 11.6 Å². The molecular formula is C14H25NO. The van der Waals surface area contributed by atoms with Gasteiger partial charge in [0.2, 0.25) is 0 Å². The van der Waals surface area contributed by atoms with Crippen molar-refractivity contribution in [1.29, 1.82) is 0 Å². The molecule has 16 heavy (non-hydrogen) atoms. The molecule has 2 heteroatoms. The molecule has 0 unspecified atom stereocenters. The molecule has 0 heterocycles. The molecule has 2 N–H and O–H groups in total. The molecule has 0 aromatic rings. The molecule has 4 rings (SSSR count). The van der Waals surface area contributed by atoms with E-state index in [1.54, 1.807) is 0 Å². The largest absolute Gasteiger partial charge is 0.394 e. The van der Waals surface area contributed by atoms with Crippen molar-refractivity contribution in [1.82, 2.24) is 5.32 Å². The Hall–Kier alpha value is -0.0800. The summed E-state index contributed by atoms with van der Waals surface area (Å²) in [4.78, 5) is 0. The molecule has 0 saturated heterocycles. The maximum absolute atomic E-state index is 9.93. The number of hydrogen-bond acceptors (Lipinski definition) is 2. The van der Waals surface area contributed by atoms with Crippen LogP contribution in [0.3, 0.4) is 0 Å². The molecule has 0 atom stereocenters. The lowest BCUT2D eigenvalue weighted by Gasteiger charge is -2.61. The number of aliphatic hydroxyl groups is 1. The summed E-state index contributed by atoms with van der Waals surface area (Å²) in [5.74, 6) is 3.46. The van der Waals surface area contributed by atoms with Crippen molar-refractivity contribution in [2.45, 2.75) is 57.5 Å². The van der Waals surface area contributed by atoms with Gasteiger partial charge in [0.1, 0.15) is 0 Å². The zero-order valence-corrected chi connectivity index (χ0v) is 10.6. The second-order valence-corrected chi connectivity index (χ2v) is 6.80. The van der Waals surface area contributed by atoms with E-state index >= 15 is 0 Å². The first-order chi connectivity index (χ1) is 7.64. The van der Waals surface area contributed by atoms with Crippen molar-refractivity contribution < 1.29 is 5.11 Å². The Labute approximate surface area is 98.8 Å². The minimum atomic E-state index is 0.0710. The Bertz CT molecular complexity index is 246. The quantitative estimate of drug-likeness (QED) is 0.768. The minimum absolute atomic E-state index is 0.0710. The Kier molecular flexibility index (Phi) is 2.56. The van der Waals surface area contributed by atoms with E-state index in [-0.39, 0.29) is 5.54 Å². The summed E-state index contributed by atoms with van der Waals surface area (Å²) in [5, 5.41) is 13.7. The average molecular weight is 223 g/mol. The molecule has 4 saturated carbocycles. The van der Waals surface area contributed by atoms with E-state index in [0.29, 0.717) is 12.6 Å². The van der Waals surface area contributed by atoms with Gasteiger partial charge in [-0.3, -0.25) is 0 Å². The Balaban J connectivity index is 1.88. The van der Waals surface area contributed by atoms with Crippen LogP contribution in [0, 0.1) is 23.7 Å². The van der Waals surface area contributed by atoms with Crippen LogP contribution in [0.1, 0.15) is 46.0 Å². The van der Waals surface area contributed by atoms with Gasteiger partial charge in [-0.1, -0.05) is 13.8 Å². The fraction of sp³-hybridized carbons (Fsp3) is 1.00. The summed E-state index contributed by atoms with van der Waals surface area (Å²) in [6, 6.07) is 0.490. The van der Waals surface area contributed by atoms with Crippen LogP contribution in [-0.2, 0) is 0 Å². The van der Waals surface area contributed by atoms with E-state index in [1.807, 2.05) is 0 Å². The summed E-state index contributed by atoms with van der Waals surface area (Å²) in [7, 11) is 0. The average Bonchev–Trinajstić information content (AvgIpc) is 2.22. The van der Waals surface area contributed by atoms with E-state index < -0.39 is 0 Å². The van der Waals surface area contributed by atoms with E-state index in [2.05, 4.69) is 19.2 Å². The normalized spacial score (nSPS) is 50.2. The SMILES string of the molecule is CC(C)NC1(CO)C2CC3CC(C2)CC1C3. The fourth-order valence-corrected chi connectivity index (χ4v) is 5.10. The van der Waals surface area contributed by atoms with Crippen molar-refractivity contribution in [2.24, 2.45) is 23.7 Å². The summed E-state index contributed by atoms with van der Waals surface area (Å²) in [5.41, 5.74) is 0.0710. The van der Waals surface area contributed by atoms with Crippen molar-refractivity contribution in [2.75, 3.05) is 6.61 Å². The van der Waals surface area contributed by atoms with Crippen LogP contribution in [-0.4, -0.2) is 23.3 Å². The first-order valence-electron chi connectivity index (χ1n) is 7.02. The van der Waals surface area contributed by atoms with Crippen molar-refractivity contribution in [3.8, 4) is 0 Å². The molecule has 92 valence electrons. The minimum Gasteiger partial charge on any atom is -0.394 e. The molecule has 4 aliphatic rings. The van der Waals surface area contributed by atoms with Gasteiger partial charge in [-0.2, -0.15) is 0 Å². The summed E-state index contributed by atoms with van der Waals surface area (Å²) < 4.78 is 0. The third-order valence-corrected chi connectivity index (χ3v) is 5.41. The van der Waals surface area contributed by atoms with Crippen molar-refractivity contribution in [3.05, 3.63) is 0 Å². The van der Waals surface area contributed by atoms with E-state index in [4.69, 9.17) is 0 Å². The second-order valence-electron chi connectivity index (χ2n) is 6.80. The Morgan fingerprint density at radius 2 is 1.56 bits per heavy atom. The van der Waals surface area contributed by atoms with Crippen LogP contribution < -0.4 is 5.32 Å². The highest BCUT2D eigenvalue weighted by Crippen LogP contribution is 2.58. The third-order valence-electron chi connectivity index (χ3n) is 5.41. The maximum atomic E-state index is 9.93. The summed E-state index contributed by atoms with van der Waals surface area (Å²) in [6.45, 7) is 4.77. The van der Waals surface area contributed by atoms with Gasteiger partial charge in [0.05, 0.1) is 6.61 Å². The predicted molar refractivity (Wildman–Crippen MR) is 65.1 cm³/mol. The topological polar surface area (TPSA) is 32.3 Å². The molecule has 4 aliphatic carbocycles. The first-order valence-corrected chi connectivity index (χ1v) is 7.02. The zero-order valence-electron chi connectivity index (χ0n) is 10.6. The van der Waals surface area contributed by atoms with Crippen molar-refractivity contribution >= 4 is 0 Å². The fourth-order valence-electron chi connectivity index (χ4n) is 5.10. The van der Waals surface area contributed by atoms with Gasteiger partial charge in [0.15, 0.2) is 0 Å². The van der Waals surface area contributed by atoms with E-state index in [1.165, 1.54) is 32.1 Å². The summed E-state index contributed by atoms with van der Waals surface area (Å²) in [6.07, 6.45) is 6.96. The van der Waals surface area contributed by atoms with Gasteiger partial charge in [-0.15, -0.1) is 0 Å². The Morgan fingerprint density at radius 1 is 1.06 bits per heavy atom. The smallest absolute Gasteiger partial charge is 0.0618 e. The molecule has 4 fully saturated rings. The highest BCUT2D eigenvalue weighted by molar-refractivity contribution is 5.11. The van der Waals surface area contributed by atoms with E-state index in [0.717, 1.165) is 23.7 Å². The molecule has 2 nitrogen and oxygen atoms in total. The molecule has 0 aromatic carbocycles. The highest BCUT2D eigenvalue weighted by Gasteiger charge is 2.56. The maximum Gasteiger partial charge on any atom is 0.0618 e. The first kappa shape index (κ1) is 11.0. The second kappa shape index (κ2) is 3.71. The van der Waals surface area contributed by atoms with E-state index in [9.17, 15) is 5.11 Å². The lowest BCUT2D eigenvalue weighted by Crippen LogP contribution is -2.68. The monoisotopic (exact) mass is 223 g/mol. The summed E-state index contributed by atoms with van der Waals surface area (Å²) >= 11 is 0. The third kappa shape index (κ3) is 1.46. The lowest BCUT2D eigenvalue weighted by molar-refractivity contribution is -0.0984. The van der Waals surface area contributed by atoms with Gasteiger partial charge >= 0.3 is 0 Å². The van der Waals surface area contributed by atoms with Crippen LogP contribution in [0.5, 0.6) is 0 Å². The van der Waals surface area contributed by atoms with Crippen LogP contribution in [0.15, 0.2) is 0 Å². The van der Waals surface area contributed by atoms with Crippen LogP contribution >= 0.6 is 0 Å². The molecule has 0 amide bonds. The number of hydrogen-bond donors (Lipinski definition) is 2. The van der Waals surface area contributed by atoms with Gasteiger partial charge < -0.3 is 10.4 Å². The number of rotatable bonds is 3. The van der Waals surface area contributed by atoms with Crippen LogP contribution in [0.25, 0.3) is 0 Å². The molecule has 0 aromatic heterocycles. The Morgan fingerprint density at radius 3 is 1.94 bits per heavy atom. The standard InChI is InChI=1S/C14H25NO/c1-9(2)15-14(8-16)12-4-10-3-11(6-12)7-13(14)5-10/h9-13,15-16H,3-8H2,1-2H3. The molecule has 0 spiro atoms. The van der Waals surface area contributed by atoms with Gasteiger partial charge in [-0.25, -0.2) is 0 Å². The van der Waals surface area contributed by atoms with Crippen LogP contribution in [0.4, 0.5) is 0 Å². The number of nitrogens with one attached hydrogen (secondary N) is 1. The van der Waals surface area contributed by atoms with Gasteiger partial charge in [-0.05, 0) is 55.8 Å². The number of aliphatic hydroxyl groups excluding tert-OH is 1. The molecule has 0 radical (unpaired) electrons. The highest BCUT2D eigenvalue weighted by atomic mass is 16.3. The van der Waals surface area contributed by atoms with Gasteiger partial charge in [0.25, 0.3) is 0 Å². The lowest BCUT2D eigenvalue weighted by atomic mass is 9.48. The molecule has 4 bridgehead atoms. The van der Waals surface area contributed by atoms with Crippen LogP contribution in [0.2, 0.25) is 0 Å². The molecule has 0 aliphatic heterocycles. The molecular weight excluding hydrogens is 198 g/mol.